The van der Waals surface area contributed by atoms with E-state index in [-0.39, 0.29) is 24.3 Å². The van der Waals surface area contributed by atoms with Gasteiger partial charge in [-0.25, -0.2) is 15.0 Å². The van der Waals surface area contributed by atoms with Gasteiger partial charge < -0.3 is 10.2 Å². The lowest BCUT2D eigenvalue weighted by atomic mass is 10.0. The van der Waals surface area contributed by atoms with Crippen LogP contribution in [0.3, 0.4) is 0 Å². The molecule has 0 radical (unpaired) electrons. The van der Waals surface area contributed by atoms with E-state index in [1.165, 1.54) is 11.3 Å². The number of hydrogen-bond acceptors (Lipinski definition) is 6. The Morgan fingerprint density at radius 1 is 1.22 bits per heavy atom. The van der Waals surface area contributed by atoms with Crippen LogP contribution in [0, 0.1) is 0 Å². The zero-order chi connectivity index (χ0) is 16.1. The van der Waals surface area contributed by atoms with Gasteiger partial charge in [0.05, 0.1) is 6.04 Å². The summed E-state index contributed by atoms with van der Waals surface area (Å²) in [5.74, 6) is 0.0975. The number of amides is 2. The average molecular weight is 331 g/mol. The number of rotatable bonds is 4. The first-order valence-corrected chi connectivity index (χ1v) is 8.38. The van der Waals surface area contributed by atoms with Crippen LogP contribution in [0.1, 0.15) is 37.5 Å². The highest BCUT2D eigenvalue weighted by molar-refractivity contribution is 7.13. The molecule has 0 spiro atoms. The van der Waals surface area contributed by atoms with E-state index in [0.717, 1.165) is 19.3 Å². The van der Waals surface area contributed by atoms with Crippen molar-refractivity contribution in [2.75, 3.05) is 11.9 Å². The summed E-state index contributed by atoms with van der Waals surface area (Å²) in [6.45, 7) is 0.631. The van der Waals surface area contributed by atoms with Crippen molar-refractivity contribution < 1.29 is 9.59 Å². The Bertz CT molecular complexity index is 662. The van der Waals surface area contributed by atoms with Crippen molar-refractivity contribution >= 4 is 28.3 Å². The third-order valence-electron chi connectivity index (χ3n) is 3.70. The quantitative estimate of drug-likeness (QED) is 0.866. The van der Waals surface area contributed by atoms with Crippen molar-refractivity contribution in [2.45, 2.75) is 31.7 Å². The monoisotopic (exact) mass is 331 g/mol. The van der Waals surface area contributed by atoms with Gasteiger partial charge >= 0.3 is 0 Å². The summed E-state index contributed by atoms with van der Waals surface area (Å²) in [6, 6.07) is 1.60. The maximum absolute atomic E-state index is 12.5. The lowest BCUT2D eigenvalue weighted by molar-refractivity contribution is -0.138. The number of hydrogen-bond donors (Lipinski definition) is 1. The molecular weight excluding hydrogens is 314 g/mol. The molecule has 0 saturated carbocycles. The number of piperidine rings is 1. The first kappa shape index (κ1) is 15.5. The molecule has 1 atom stereocenters. The molecule has 0 aliphatic carbocycles. The van der Waals surface area contributed by atoms with Crippen molar-refractivity contribution in [3.05, 3.63) is 35.9 Å². The summed E-state index contributed by atoms with van der Waals surface area (Å²) in [6.07, 6.45) is 7.55. The lowest BCUT2D eigenvalue weighted by Gasteiger charge is -2.34. The average Bonchev–Trinajstić information content (AvgIpc) is 3.08. The van der Waals surface area contributed by atoms with Crippen LogP contribution >= 0.6 is 11.3 Å². The Morgan fingerprint density at radius 3 is 2.78 bits per heavy atom. The maximum atomic E-state index is 12.5. The summed E-state index contributed by atoms with van der Waals surface area (Å²) in [5.41, 5.74) is 0. The van der Waals surface area contributed by atoms with Gasteiger partial charge in [0.15, 0.2) is 11.0 Å². The van der Waals surface area contributed by atoms with Gasteiger partial charge in [0.2, 0.25) is 11.8 Å². The van der Waals surface area contributed by atoms with E-state index in [1.54, 1.807) is 34.9 Å². The van der Waals surface area contributed by atoms with Crippen LogP contribution in [-0.2, 0) is 9.59 Å². The number of nitrogens with one attached hydrogen (secondary N) is 1. The first-order chi connectivity index (χ1) is 11.2. The fourth-order valence-electron chi connectivity index (χ4n) is 2.67. The van der Waals surface area contributed by atoms with E-state index >= 15 is 0 Å². The lowest BCUT2D eigenvalue weighted by Crippen LogP contribution is -2.40. The SMILES string of the molecule is O=C(CC(=O)N1CCCCC1c1ncccn1)Nc1nccs1. The van der Waals surface area contributed by atoms with Gasteiger partial charge in [-0.1, -0.05) is 0 Å². The number of aromatic nitrogens is 3. The van der Waals surface area contributed by atoms with Gasteiger partial charge in [-0.05, 0) is 25.3 Å². The van der Waals surface area contributed by atoms with Crippen molar-refractivity contribution in [3.8, 4) is 0 Å². The topological polar surface area (TPSA) is 88.1 Å². The summed E-state index contributed by atoms with van der Waals surface area (Å²) in [7, 11) is 0. The molecule has 2 aromatic rings. The molecule has 1 N–H and O–H groups in total. The fourth-order valence-corrected chi connectivity index (χ4v) is 3.21. The molecule has 3 rings (SSSR count). The Kier molecular flexibility index (Phi) is 4.92. The minimum absolute atomic E-state index is 0.148. The zero-order valence-corrected chi connectivity index (χ0v) is 13.3. The molecular formula is C15H17N5O2S. The van der Waals surface area contributed by atoms with Crippen LogP contribution in [0.5, 0.6) is 0 Å². The molecule has 2 amide bonds. The standard InChI is InChI=1S/C15H17N5O2S/c21-12(19-15-18-7-9-23-15)10-13(22)20-8-2-1-4-11(20)14-16-5-3-6-17-14/h3,5-7,9,11H,1-2,4,8,10H2,(H,18,19,21). The Labute approximate surface area is 137 Å². The minimum atomic E-state index is -0.344. The van der Waals surface area contributed by atoms with Crippen LogP contribution in [0.2, 0.25) is 0 Å². The number of carbonyl (C=O) groups is 2. The molecule has 3 heterocycles. The summed E-state index contributed by atoms with van der Waals surface area (Å²) in [4.78, 5) is 38.7. The second-order valence-corrected chi connectivity index (χ2v) is 6.16. The molecule has 1 saturated heterocycles. The van der Waals surface area contributed by atoms with E-state index in [0.29, 0.717) is 17.5 Å². The molecule has 8 heteroatoms. The number of anilines is 1. The molecule has 1 fully saturated rings. The van der Waals surface area contributed by atoms with Crippen LogP contribution < -0.4 is 5.32 Å². The number of thiazole rings is 1. The molecule has 0 aromatic carbocycles. The van der Waals surface area contributed by atoms with E-state index in [9.17, 15) is 9.59 Å². The van der Waals surface area contributed by atoms with Crippen LogP contribution in [-0.4, -0.2) is 38.2 Å². The highest BCUT2D eigenvalue weighted by atomic mass is 32.1. The highest BCUT2D eigenvalue weighted by Crippen LogP contribution is 2.29. The summed E-state index contributed by atoms with van der Waals surface area (Å²) < 4.78 is 0. The van der Waals surface area contributed by atoms with Crippen molar-refractivity contribution in [2.24, 2.45) is 0 Å². The zero-order valence-electron chi connectivity index (χ0n) is 12.5. The van der Waals surface area contributed by atoms with Gasteiger partial charge in [0, 0.05) is 30.5 Å². The predicted molar refractivity (Wildman–Crippen MR) is 85.7 cm³/mol. The van der Waals surface area contributed by atoms with Crippen LogP contribution in [0.4, 0.5) is 5.13 Å². The Hall–Kier alpha value is -2.35. The minimum Gasteiger partial charge on any atom is -0.332 e. The number of carbonyl (C=O) groups excluding carboxylic acids is 2. The normalized spacial score (nSPS) is 17.7. The molecule has 7 nitrogen and oxygen atoms in total. The molecule has 120 valence electrons. The van der Waals surface area contributed by atoms with Gasteiger partial charge in [-0.2, -0.15) is 0 Å². The molecule has 2 aromatic heterocycles. The van der Waals surface area contributed by atoms with Crippen molar-refractivity contribution in [1.29, 1.82) is 0 Å². The number of likely N-dealkylation sites (tertiary alicyclic amines) is 1. The second kappa shape index (κ2) is 7.28. The predicted octanol–water partition coefficient (Wildman–Crippen LogP) is 2.02. The largest absolute Gasteiger partial charge is 0.332 e. The van der Waals surface area contributed by atoms with Crippen LogP contribution in [0.25, 0.3) is 0 Å². The summed E-state index contributed by atoms with van der Waals surface area (Å²) in [5, 5.41) is 4.91. The third-order valence-corrected chi connectivity index (χ3v) is 4.39. The highest BCUT2D eigenvalue weighted by Gasteiger charge is 2.30. The molecule has 23 heavy (non-hydrogen) atoms. The molecule has 0 bridgehead atoms. The maximum Gasteiger partial charge on any atom is 0.235 e. The van der Waals surface area contributed by atoms with Gasteiger partial charge in [0.1, 0.15) is 6.42 Å². The van der Waals surface area contributed by atoms with Gasteiger partial charge in [-0.15, -0.1) is 11.3 Å². The Balaban J connectivity index is 1.65. The van der Waals surface area contributed by atoms with E-state index in [1.807, 2.05) is 0 Å². The second-order valence-electron chi connectivity index (χ2n) is 5.27. The Morgan fingerprint density at radius 2 is 2.04 bits per heavy atom. The molecule has 1 aliphatic heterocycles. The molecule has 1 unspecified atom stereocenters. The molecule has 1 aliphatic rings. The van der Waals surface area contributed by atoms with Crippen molar-refractivity contribution in [3.63, 3.8) is 0 Å². The summed E-state index contributed by atoms with van der Waals surface area (Å²) >= 11 is 1.32. The number of nitrogens with zero attached hydrogens (tertiary/aromatic N) is 4. The van der Waals surface area contributed by atoms with Crippen LogP contribution in [0.15, 0.2) is 30.0 Å². The smallest absolute Gasteiger partial charge is 0.235 e. The van der Waals surface area contributed by atoms with Gasteiger partial charge in [-0.3, -0.25) is 9.59 Å². The van der Waals surface area contributed by atoms with Gasteiger partial charge in [0.25, 0.3) is 0 Å². The third kappa shape index (κ3) is 3.89. The van der Waals surface area contributed by atoms with E-state index < -0.39 is 0 Å². The fraction of sp³-hybridized carbons (Fsp3) is 0.400. The van der Waals surface area contributed by atoms with E-state index in [2.05, 4.69) is 20.3 Å². The van der Waals surface area contributed by atoms with Crippen molar-refractivity contribution in [1.82, 2.24) is 19.9 Å². The first-order valence-electron chi connectivity index (χ1n) is 7.50. The van der Waals surface area contributed by atoms with E-state index in [4.69, 9.17) is 0 Å².